The Hall–Kier alpha value is -2.63. The first-order valence-corrected chi connectivity index (χ1v) is 7.34. The van der Waals surface area contributed by atoms with Crippen LogP contribution in [0, 0.1) is 0 Å². The van der Waals surface area contributed by atoms with Gasteiger partial charge in [0.05, 0.1) is 17.7 Å². The van der Waals surface area contributed by atoms with Crippen LogP contribution in [0.25, 0.3) is 0 Å². The molecule has 23 heavy (non-hydrogen) atoms. The van der Waals surface area contributed by atoms with Crippen LogP contribution in [0.2, 0.25) is 0 Å². The highest BCUT2D eigenvalue weighted by Gasteiger charge is 2.13. The molecule has 1 aromatic rings. The average Bonchev–Trinajstić information content (AvgIpc) is 2.53. The third kappa shape index (κ3) is 6.34. The van der Waals surface area contributed by atoms with Crippen molar-refractivity contribution >= 4 is 17.9 Å². The van der Waals surface area contributed by atoms with E-state index >= 15 is 0 Å². The number of esters is 1. The van der Waals surface area contributed by atoms with Crippen molar-refractivity contribution in [1.82, 2.24) is 0 Å². The summed E-state index contributed by atoms with van der Waals surface area (Å²) < 4.78 is 4.85. The molecule has 1 aromatic carbocycles. The summed E-state index contributed by atoms with van der Waals surface area (Å²) in [5.74, 6) is -2.58. The van der Waals surface area contributed by atoms with E-state index in [1.807, 2.05) is 0 Å². The first-order valence-electron chi connectivity index (χ1n) is 7.34. The van der Waals surface area contributed by atoms with Gasteiger partial charge in [0.1, 0.15) is 0 Å². The van der Waals surface area contributed by atoms with Crippen molar-refractivity contribution in [2.24, 2.45) is 0 Å². The average molecular weight is 320 g/mol. The van der Waals surface area contributed by atoms with Gasteiger partial charge in [0.25, 0.3) is 0 Å². The Morgan fingerprint density at radius 2 is 1.74 bits per heavy atom. The third-order valence-corrected chi connectivity index (χ3v) is 3.33. The summed E-state index contributed by atoms with van der Waals surface area (Å²) in [5.41, 5.74) is 0.742. The van der Waals surface area contributed by atoms with Crippen LogP contribution in [0.1, 0.15) is 52.0 Å². The predicted molar refractivity (Wildman–Crippen MR) is 83.7 cm³/mol. The second kappa shape index (κ2) is 9.40. The minimum Gasteiger partial charge on any atom is -0.478 e. The van der Waals surface area contributed by atoms with Crippen LogP contribution in [0.3, 0.4) is 0 Å². The fraction of sp³-hybridized carbons (Fsp3) is 0.353. The molecule has 124 valence electrons. The van der Waals surface area contributed by atoms with E-state index in [9.17, 15) is 14.4 Å². The molecule has 0 aliphatic rings. The molecule has 0 heterocycles. The largest absolute Gasteiger partial charge is 0.478 e. The standard InChI is InChI=1S/C17H20O6/c1-2-15(18)23-10-6-4-3-5-7-12-11-13(16(19)20)8-9-14(12)17(21)22/h2,8-9,11H,1,3-7,10H2,(H,19,20)(H,21,22). The molecule has 0 aromatic heterocycles. The lowest BCUT2D eigenvalue weighted by atomic mass is 9.98. The third-order valence-electron chi connectivity index (χ3n) is 3.33. The van der Waals surface area contributed by atoms with Crippen molar-refractivity contribution in [2.45, 2.75) is 32.1 Å². The van der Waals surface area contributed by atoms with Crippen molar-refractivity contribution in [3.05, 3.63) is 47.5 Å². The van der Waals surface area contributed by atoms with Gasteiger partial charge in [-0.3, -0.25) is 0 Å². The second-order valence-corrected chi connectivity index (χ2v) is 5.02. The zero-order chi connectivity index (χ0) is 17.2. The molecule has 0 spiro atoms. The maximum Gasteiger partial charge on any atom is 0.335 e. The molecular weight excluding hydrogens is 300 g/mol. The molecular formula is C17H20O6. The number of ether oxygens (including phenoxy) is 1. The van der Waals surface area contributed by atoms with Gasteiger partial charge in [-0.2, -0.15) is 0 Å². The zero-order valence-corrected chi connectivity index (χ0v) is 12.8. The predicted octanol–water partition coefficient (Wildman–Crippen LogP) is 2.92. The van der Waals surface area contributed by atoms with Gasteiger partial charge in [-0.25, -0.2) is 14.4 Å². The first-order chi connectivity index (χ1) is 11.0. The van der Waals surface area contributed by atoms with Crippen LogP contribution in [0.15, 0.2) is 30.9 Å². The molecule has 2 N–H and O–H groups in total. The number of unbranched alkanes of at least 4 members (excludes halogenated alkanes) is 3. The van der Waals surface area contributed by atoms with Gasteiger partial charge >= 0.3 is 17.9 Å². The molecule has 0 fully saturated rings. The van der Waals surface area contributed by atoms with Crippen molar-refractivity contribution in [1.29, 1.82) is 0 Å². The monoisotopic (exact) mass is 320 g/mol. The van der Waals surface area contributed by atoms with Gasteiger partial charge in [0.15, 0.2) is 0 Å². The smallest absolute Gasteiger partial charge is 0.335 e. The summed E-state index contributed by atoms with van der Waals surface area (Å²) in [7, 11) is 0. The Labute approximate surface area is 134 Å². The second-order valence-electron chi connectivity index (χ2n) is 5.02. The Bertz CT molecular complexity index is 591. The first kappa shape index (κ1) is 18.4. The van der Waals surface area contributed by atoms with Gasteiger partial charge in [-0.05, 0) is 43.0 Å². The summed E-state index contributed by atoms with van der Waals surface area (Å²) in [6.45, 7) is 3.63. The number of carboxylic acid groups (broad SMARTS) is 2. The van der Waals surface area contributed by atoms with Gasteiger partial charge in [0.2, 0.25) is 0 Å². The molecule has 0 unspecified atom stereocenters. The number of hydrogen-bond donors (Lipinski definition) is 2. The molecule has 0 bridgehead atoms. The van der Waals surface area contributed by atoms with E-state index < -0.39 is 17.9 Å². The SMILES string of the molecule is C=CC(=O)OCCCCCCc1cc(C(=O)O)ccc1C(=O)O. The summed E-state index contributed by atoms with van der Waals surface area (Å²) in [4.78, 5) is 33.0. The van der Waals surface area contributed by atoms with Gasteiger partial charge in [0, 0.05) is 6.08 Å². The summed E-state index contributed by atoms with van der Waals surface area (Å²) in [5, 5.41) is 18.1. The van der Waals surface area contributed by atoms with Gasteiger partial charge in [-0.1, -0.05) is 19.4 Å². The highest BCUT2D eigenvalue weighted by Crippen LogP contribution is 2.16. The van der Waals surface area contributed by atoms with Gasteiger partial charge < -0.3 is 14.9 Å². The molecule has 0 radical (unpaired) electrons. The van der Waals surface area contributed by atoms with Crippen LogP contribution in [0.5, 0.6) is 0 Å². The molecule has 0 saturated carbocycles. The van der Waals surface area contributed by atoms with Crippen LogP contribution in [-0.2, 0) is 16.0 Å². The molecule has 6 nitrogen and oxygen atoms in total. The Kier molecular flexibility index (Phi) is 7.53. The molecule has 1 rings (SSSR count). The minimum absolute atomic E-state index is 0.0846. The van der Waals surface area contributed by atoms with Crippen molar-refractivity contribution in [3.8, 4) is 0 Å². The van der Waals surface area contributed by atoms with E-state index in [2.05, 4.69) is 6.58 Å². The fourth-order valence-electron chi connectivity index (χ4n) is 2.14. The Morgan fingerprint density at radius 1 is 1.04 bits per heavy atom. The van der Waals surface area contributed by atoms with Crippen LogP contribution < -0.4 is 0 Å². The number of aryl methyl sites for hydroxylation is 1. The normalized spacial score (nSPS) is 10.1. The molecule has 0 atom stereocenters. The number of carbonyl (C=O) groups excluding carboxylic acids is 1. The molecule has 0 saturated heterocycles. The fourth-order valence-corrected chi connectivity index (χ4v) is 2.14. The lowest BCUT2D eigenvalue weighted by molar-refractivity contribution is -0.137. The minimum atomic E-state index is -1.08. The number of hydrogen-bond acceptors (Lipinski definition) is 4. The molecule has 0 amide bonds. The van der Waals surface area contributed by atoms with Crippen molar-refractivity contribution < 1.29 is 29.3 Å². The van der Waals surface area contributed by atoms with E-state index in [-0.39, 0.29) is 11.1 Å². The molecule has 0 aliphatic carbocycles. The van der Waals surface area contributed by atoms with Gasteiger partial charge in [-0.15, -0.1) is 0 Å². The summed E-state index contributed by atoms with van der Waals surface area (Å²) >= 11 is 0. The lowest BCUT2D eigenvalue weighted by Gasteiger charge is -2.08. The lowest BCUT2D eigenvalue weighted by Crippen LogP contribution is -2.06. The topological polar surface area (TPSA) is 101 Å². The number of aromatic carboxylic acids is 2. The number of rotatable bonds is 10. The highest BCUT2D eigenvalue weighted by atomic mass is 16.5. The highest BCUT2D eigenvalue weighted by molar-refractivity contribution is 5.93. The number of carbonyl (C=O) groups is 3. The van der Waals surface area contributed by atoms with E-state index in [0.717, 1.165) is 31.8 Å². The van der Waals surface area contributed by atoms with Crippen molar-refractivity contribution in [3.63, 3.8) is 0 Å². The summed E-state index contributed by atoms with van der Waals surface area (Å²) in [6.07, 6.45) is 4.74. The van der Waals surface area contributed by atoms with Crippen molar-refractivity contribution in [2.75, 3.05) is 6.61 Å². The molecule has 0 aliphatic heterocycles. The quantitative estimate of drug-likeness (QED) is 0.390. The van der Waals surface area contributed by atoms with Crippen LogP contribution >= 0.6 is 0 Å². The zero-order valence-electron chi connectivity index (χ0n) is 12.8. The van der Waals surface area contributed by atoms with E-state index in [4.69, 9.17) is 14.9 Å². The van der Waals surface area contributed by atoms with E-state index in [0.29, 0.717) is 18.6 Å². The van der Waals surface area contributed by atoms with Crippen LogP contribution in [-0.4, -0.2) is 34.7 Å². The van der Waals surface area contributed by atoms with E-state index in [1.54, 1.807) is 0 Å². The summed E-state index contributed by atoms with van der Waals surface area (Å²) in [6, 6.07) is 4.04. The maximum absolute atomic E-state index is 11.2. The Balaban J connectivity index is 2.45. The number of benzene rings is 1. The number of carboxylic acids is 2. The molecule has 6 heteroatoms. The maximum atomic E-state index is 11.2. The van der Waals surface area contributed by atoms with Crippen LogP contribution in [0.4, 0.5) is 0 Å². The Morgan fingerprint density at radius 3 is 2.35 bits per heavy atom. The van der Waals surface area contributed by atoms with E-state index in [1.165, 1.54) is 18.2 Å².